The standard InChI is InChI=1S/C22H24N6O3S/c1-14-7-5-6-8-20(14)26-22(27-21-23-15(2)13-16(3)24-21)28-32(30,31)19-11-9-18(10-12-19)25-17(4)29/h5-13H,1-4H3,(H,25,29)(H2,23,24,26,27,28). The van der Waals surface area contributed by atoms with Gasteiger partial charge in [0.25, 0.3) is 10.0 Å². The summed E-state index contributed by atoms with van der Waals surface area (Å²) in [7, 11) is -4.08. The molecule has 0 spiro atoms. The SMILES string of the molecule is CC(=O)Nc1ccc(S(=O)(=O)/N=C(\Nc2nc(C)cc(C)n2)Nc2ccccc2C)cc1. The largest absolute Gasteiger partial charge is 0.326 e. The summed E-state index contributed by atoms with van der Waals surface area (Å²) < 4.78 is 29.9. The summed E-state index contributed by atoms with van der Waals surface area (Å²) in [5.74, 6) is -0.0743. The average Bonchev–Trinajstić information content (AvgIpc) is 2.68. The first-order valence-corrected chi connectivity index (χ1v) is 11.2. The molecule has 10 heteroatoms. The number of para-hydroxylation sites is 1. The van der Waals surface area contributed by atoms with Crippen molar-refractivity contribution in [2.45, 2.75) is 32.6 Å². The smallest absolute Gasteiger partial charge is 0.285 e. The van der Waals surface area contributed by atoms with E-state index in [9.17, 15) is 13.2 Å². The molecule has 0 saturated carbocycles. The van der Waals surface area contributed by atoms with E-state index in [-0.39, 0.29) is 22.7 Å². The van der Waals surface area contributed by atoms with Crippen LogP contribution in [0.25, 0.3) is 0 Å². The molecule has 166 valence electrons. The van der Waals surface area contributed by atoms with Gasteiger partial charge in [-0.2, -0.15) is 8.42 Å². The van der Waals surface area contributed by atoms with Crippen LogP contribution in [0.2, 0.25) is 0 Å². The zero-order valence-corrected chi connectivity index (χ0v) is 19.0. The lowest BCUT2D eigenvalue weighted by molar-refractivity contribution is -0.114. The lowest BCUT2D eigenvalue weighted by atomic mass is 10.2. The van der Waals surface area contributed by atoms with Crippen LogP contribution >= 0.6 is 0 Å². The van der Waals surface area contributed by atoms with E-state index in [4.69, 9.17) is 0 Å². The van der Waals surface area contributed by atoms with Crippen LogP contribution in [0.15, 0.2) is 63.9 Å². The maximum Gasteiger partial charge on any atom is 0.285 e. The maximum atomic E-state index is 13.0. The van der Waals surface area contributed by atoms with Crippen LogP contribution in [0.1, 0.15) is 23.9 Å². The van der Waals surface area contributed by atoms with Crippen molar-refractivity contribution >= 4 is 39.2 Å². The van der Waals surface area contributed by atoms with Crippen molar-refractivity contribution in [3.63, 3.8) is 0 Å². The predicted molar refractivity (Wildman–Crippen MR) is 125 cm³/mol. The average molecular weight is 453 g/mol. The first kappa shape index (κ1) is 22.9. The number of guanidine groups is 1. The molecule has 32 heavy (non-hydrogen) atoms. The Balaban J connectivity index is 1.98. The van der Waals surface area contributed by atoms with Crippen LogP contribution in [0.4, 0.5) is 17.3 Å². The molecule has 0 atom stereocenters. The molecule has 1 amide bonds. The fourth-order valence-electron chi connectivity index (χ4n) is 2.89. The van der Waals surface area contributed by atoms with Crippen LogP contribution in [-0.2, 0) is 14.8 Å². The van der Waals surface area contributed by atoms with Crippen molar-refractivity contribution in [2.75, 3.05) is 16.0 Å². The Morgan fingerprint density at radius 1 is 0.875 bits per heavy atom. The van der Waals surface area contributed by atoms with Crippen molar-refractivity contribution in [3.05, 3.63) is 71.5 Å². The number of anilines is 3. The molecular formula is C22H24N6O3S. The van der Waals surface area contributed by atoms with Gasteiger partial charge in [0.1, 0.15) is 0 Å². The number of nitrogens with zero attached hydrogens (tertiary/aromatic N) is 3. The highest BCUT2D eigenvalue weighted by Gasteiger charge is 2.17. The maximum absolute atomic E-state index is 13.0. The van der Waals surface area contributed by atoms with Crippen molar-refractivity contribution in [2.24, 2.45) is 4.40 Å². The molecule has 0 unspecified atom stereocenters. The Morgan fingerprint density at radius 3 is 2.09 bits per heavy atom. The Morgan fingerprint density at radius 2 is 1.50 bits per heavy atom. The third-order valence-corrected chi connectivity index (χ3v) is 5.59. The number of nitrogens with one attached hydrogen (secondary N) is 3. The minimum Gasteiger partial charge on any atom is -0.326 e. The zero-order valence-electron chi connectivity index (χ0n) is 18.2. The van der Waals surface area contributed by atoms with Gasteiger partial charge in [-0.3, -0.25) is 10.1 Å². The van der Waals surface area contributed by atoms with Gasteiger partial charge < -0.3 is 10.6 Å². The number of aromatic nitrogens is 2. The van der Waals surface area contributed by atoms with Crippen molar-refractivity contribution in [3.8, 4) is 0 Å². The molecule has 3 aromatic rings. The number of hydrogen-bond acceptors (Lipinski definition) is 5. The van der Waals surface area contributed by atoms with Crippen LogP contribution < -0.4 is 16.0 Å². The number of sulfonamides is 1. The van der Waals surface area contributed by atoms with E-state index in [0.29, 0.717) is 11.4 Å². The summed E-state index contributed by atoms with van der Waals surface area (Å²) in [5, 5.41) is 8.50. The Bertz CT molecular complexity index is 1250. The summed E-state index contributed by atoms with van der Waals surface area (Å²) in [4.78, 5) is 19.8. The topological polar surface area (TPSA) is 125 Å². The third kappa shape index (κ3) is 6.11. The summed E-state index contributed by atoms with van der Waals surface area (Å²) in [6.07, 6.45) is 0. The number of carbonyl (C=O) groups is 1. The summed E-state index contributed by atoms with van der Waals surface area (Å²) >= 11 is 0. The highest BCUT2D eigenvalue weighted by molar-refractivity contribution is 7.90. The Labute approximate surface area is 187 Å². The molecule has 3 N–H and O–H groups in total. The van der Waals surface area contributed by atoms with Crippen LogP contribution in [0.3, 0.4) is 0 Å². The molecule has 0 fully saturated rings. The normalized spacial score (nSPS) is 11.7. The fraction of sp³-hybridized carbons (Fsp3) is 0.182. The zero-order chi connectivity index (χ0) is 23.3. The Hall–Kier alpha value is -3.79. The van der Waals surface area contributed by atoms with E-state index in [2.05, 4.69) is 30.3 Å². The van der Waals surface area contributed by atoms with E-state index in [1.54, 1.807) is 0 Å². The lowest BCUT2D eigenvalue weighted by Crippen LogP contribution is -2.25. The van der Waals surface area contributed by atoms with E-state index < -0.39 is 10.0 Å². The third-order valence-electron chi connectivity index (χ3n) is 4.29. The number of carbonyl (C=O) groups excluding carboxylic acids is 1. The molecule has 2 aromatic carbocycles. The molecular weight excluding hydrogens is 428 g/mol. The second-order valence-corrected chi connectivity index (χ2v) is 8.76. The molecule has 9 nitrogen and oxygen atoms in total. The van der Waals surface area contributed by atoms with Gasteiger partial charge in [0.2, 0.25) is 17.8 Å². The Kier molecular flexibility index (Phi) is 6.84. The van der Waals surface area contributed by atoms with Gasteiger partial charge in [0, 0.05) is 29.7 Å². The van der Waals surface area contributed by atoms with Gasteiger partial charge in [-0.05, 0) is 62.7 Å². The predicted octanol–water partition coefficient (Wildman–Crippen LogP) is 3.63. The number of hydrogen-bond donors (Lipinski definition) is 3. The molecule has 0 aliphatic heterocycles. The molecule has 0 aliphatic carbocycles. The molecule has 0 saturated heterocycles. The molecule has 0 aliphatic rings. The number of rotatable bonds is 5. The molecule has 1 aromatic heterocycles. The molecule has 3 rings (SSSR count). The van der Waals surface area contributed by atoms with Gasteiger partial charge in [0.05, 0.1) is 4.90 Å². The molecule has 0 bridgehead atoms. The van der Waals surface area contributed by atoms with E-state index in [1.165, 1.54) is 31.2 Å². The van der Waals surface area contributed by atoms with E-state index in [1.807, 2.05) is 51.1 Å². The van der Waals surface area contributed by atoms with Gasteiger partial charge in [-0.25, -0.2) is 9.97 Å². The second kappa shape index (κ2) is 9.56. The van der Waals surface area contributed by atoms with E-state index >= 15 is 0 Å². The van der Waals surface area contributed by atoms with E-state index in [0.717, 1.165) is 17.0 Å². The monoisotopic (exact) mass is 452 g/mol. The van der Waals surface area contributed by atoms with Crippen molar-refractivity contribution < 1.29 is 13.2 Å². The number of benzene rings is 2. The summed E-state index contributed by atoms with van der Waals surface area (Å²) in [6.45, 7) is 6.90. The first-order chi connectivity index (χ1) is 15.1. The molecule has 1 heterocycles. The van der Waals surface area contributed by atoms with Gasteiger partial charge in [-0.15, -0.1) is 4.40 Å². The van der Waals surface area contributed by atoms with Gasteiger partial charge in [-0.1, -0.05) is 18.2 Å². The van der Waals surface area contributed by atoms with Gasteiger partial charge >= 0.3 is 0 Å². The van der Waals surface area contributed by atoms with Gasteiger partial charge in [0.15, 0.2) is 0 Å². The summed E-state index contributed by atoms with van der Waals surface area (Å²) in [5.41, 5.74) is 3.53. The fourth-order valence-corrected chi connectivity index (χ4v) is 3.81. The first-order valence-electron chi connectivity index (χ1n) is 9.77. The summed E-state index contributed by atoms with van der Waals surface area (Å²) in [6, 6.07) is 15.0. The molecule has 0 radical (unpaired) electrons. The minimum atomic E-state index is -4.08. The highest BCUT2D eigenvalue weighted by atomic mass is 32.2. The second-order valence-electron chi connectivity index (χ2n) is 7.16. The van der Waals surface area contributed by atoms with Crippen LogP contribution in [0, 0.1) is 20.8 Å². The minimum absolute atomic E-state index is 0.0289. The number of aryl methyl sites for hydroxylation is 3. The lowest BCUT2D eigenvalue weighted by Gasteiger charge is -2.14. The van der Waals surface area contributed by atoms with Crippen LogP contribution in [0.5, 0.6) is 0 Å². The quantitative estimate of drug-likeness (QED) is 0.399. The van der Waals surface area contributed by atoms with Crippen molar-refractivity contribution in [1.82, 2.24) is 9.97 Å². The van der Waals surface area contributed by atoms with Crippen molar-refractivity contribution in [1.29, 1.82) is 0 Å². The highest BCUT2D eigenvalue weighted by Crippen LogP contribution is 2.18. The van der Waals surface area contributed by atoms with Crippen LogP contribution in [-0.4, -0.2) is 30.3 Å². The number of amides is 1.